The van der Waals surface area contributed by atoms with Gasteiger partial charge in [0.1, 0.15) is 0 Å². The number of nitrogens with zero attached hydrogens (tertiary/aromatic N) is 2. The second-order valence-electron chi connectivity index (χ2n) is 5.45. The van der Waals surface area contributed by atoms with E-state index in [2.05, 4.69) is 21.3 Å². The maximum Gasteiger partial charge on any atom is 0.470 e. The number of benzene rings is 2. The van der Waals surface area contributed by atoms with Crippen LogP contribution in [0.5, 0.6) is 0 Å². The quantitative estimate of drug-likeness (QED) is 0.723. The van der Waals surface area contributed by atoms with Crippen molar-refractivity contribution in [2.75, 3.05) is 0 Å². The molecule has 2 heterocycles. The van der Waals surface area contributed by atoms with Gasteiger partial charge < -0.3 is 15.4 Å². The van der Waals surface area contributed by atoms with E-state index >= 15 is 0 Å². The van der Waals surface area contributed by atoms with Crippen molar-refractivity contribution in [2.45, 2.75) is 6.42 Å². The second kappa shape index (κ2) is 6.45. The number of fused-ring (bicyclic) bond motifs is 1. The number of hydrogen-bond donors (Lipinski definition) is 2. The molecule has 118 valence electrons. The predicted molar refractivity (Wildman–Crippen MR) is 102 cm³/mol. The summed E-state index contributed by atoms with van der Waals surface area (Å²) >= 11 is 1.36. The lowest BCUT2D eigenvalue weighted by Crippen LogP contribution is -2.34. The lowest BCUT2D eigenvalue weighted by Gasteiger charge is -2.13. The molecule has 7 heteroatoms. The van der Waals surface area contributed by atoms with Crippen molar-refractivity contribution in [1.82, 2.24) is 4.98 Å². The Morgan fingerprint density at radius 3 is 2.71 bits per heavy atom. The van der Waals surface area contributed by atoms with Gasteiger partial charge in [0.25, 0.3) is 0 Å². The molecular formula is C17H15BN4OS. The Labute approximate surface area is 144 Å². The highest BCUT2D eigenvalue weighted by Crippen LogP contribution is 2.20. The first-order chi connectivity index (χ1) is 11.8. The summed E-state index contributed by atoms with van der Waals surface area (Å²) in [6.07, 6.45) is 2.30. The average molecular weight is 334 g/mol. The Bertz CT molecular complexity index is 922. The van der Waals surface area contributed by atoms with Gasteiger partial charge in [-0.2, -0.15) is 0 Å². The lowest BCUT2D eigenvalue weighted by atomic mass is 9.86. The minimum Gasteiger partial charge on any atom is -0.534 e. The molecule has 2 aromatic carbocycles. The Kier molecular flexibility index (Phi) is 4.00. The fourth-order valence-corrected chi connectivity index (χ4v) is 3.43. The summed E-state index contributed by atoms with van der Waals surface area (Å²) < 4.78 is 6.09. The molecule has 4 rings (SSSR count). The van der Waals surface area contributed by atoms with Crippen molar-refractivity contribution in [2.24, 2.45) is 15.9 Å². The van der Waals surface area contributed by atoms with Crippen molar-refractivity contribution in [3.63, 3.8) is 0 Å². The van der Waals surface area contributed by atoms with E-state index in [1.54, 1.807) is 0 Å². The fraction of sp³-hybridized carbons (Fsp3) is 0.0588. The summed E-state index contributed by atoms with van der Waals surface area (Å²) in [5, 5.41) is 9.80. The third-order valence-electron chi connectivity index (χ3n) is 3.82. The predicted octanol–water partition coefficient (Wildman–Crippen LogP) is 2.50. The van der Waals surface area contributed by atoms with Gasteiger partial charge in [-0.05, 0) is 17.1 Å². The van der Waals surface area contributed by atoms with E-state index in [0.29, 0.717) is 17.5 Å². The van der Waals surface area contributed by atoms with Crippen LogP contribution < -0.4 is 11.2 Å². The van der Waals surface area contributed by atoms with Gasteiger partial charge in [-0.3, -0.25) is 0 Å². The molecule has 0 radical (unpaired) electrons. The molecule has 3 N–H and O–H groups in total. The van der Waals surface area contributed by atoms with Crippen molar-refractivity contribution in [3.8, 4) is 0 Å². The summed E-state index contributed by atoms with van der Waals surface area (Å²) in [6.45, 7) is 0. The maximum absolute atomic E-state index is 6.09. The highest BCUT2D eigenvalue weighted by atomic mass is 32.2. The van der Waals surface area contributed by atoms with E-state index in [4.69, 9.17) is 10.4 Å². The largest absolute Gasteiger partial charge is 0.534 e. The van der Waals surface area contributed by atoms with Crippen LogP contribution in [0.3, 0.4) is 0 Å². The molecule has 3 aromatic rings. The van der Waals surface area contributed by atoms with E-state index in [9.17, 15) is 0 Å². The molecule has 1 aliphatic heterocycles. The molecule has 0 amide bonds. The highest BCUT2D eigenvalue weighted by molar-refractivity contribution is 8.36. The van der Waals surface area contributed by atoms with E-state index in [1.807, 2.05) is 54.7 Å². The number of aromatic nitrogens is 1. The van der Waals surface area contributed by atoms with Gasteiger partial charge in [-0.15, -0.1) is 10.2 Å². The van der Waals surface area contributed by atoms with E-state index in [1.165, 1.54) is 11.6 Å². The summed E-state index contributed by atoms with van der Waals surface area (Å²) in [4.78, 5) is 3.27. The van der Waals surface area contributed by atoms with Crippen molar-refractivity contribution < 1.29 is 4.65 Å². The van der Waals surface area contributed by atoms with Crippen molar-refractivity contribution in [3.05, 3.63) is 66.4 Å². The monoisotopic (exact) mass is 334 g/mol. The summed E-state index contributed by atoms with van der Waals surface area (Å²) in [5.74, 6) is 0.557. The molecule has 5 nitrogen and oxygen atoms in total. The Morgan fingerprint density at radius 1 is 1.04 bits per heavy atom. The van der Waals surface area contributed by atoms with Crippen LogP contribution >= 0.6 is 11.6 Å². The molecular weight excluding hydrogens is 319 g/mol. The summed E-state index contributed by atoms with van der Waals surface area (Å²) in [7, 11) is 0. The third-order valence-corrected chi connectivity index (χ3v) is 4.72. The summed E-state index contributed by atoms with van der Waals surface area (Å²) in [6, 6.07) is 18.1. The number of aromatic amines is 1. The van der Waals surface area contributed by atoms with Crippen LogP contribution in [0.15, 0.2) is 71.0 Å². The molecule has 1 aliphatic rings. The first-order valence-electron chi connectivity index (χ1n) is 7.63. The second-order valence-corrected chi connectivity index (χ2v) is 6.53. The summed E-state index contributed by atoms with van der Waals surface area (Å²) in [5.41, 5.74) is 9.16. The van der Waals surface area contributed by atoms with Crippen LogP contribution in [0.25, 0.3) is 10.9 Å². The first-order valence-corrected chi connectivity index (χ1v) is 8.51. The first kappa shape index (κ1) is 14.9. The number of para-hydroxylation sites is 1. The van der Waals surface area contributed by atoms with Gasteiger partial charge in [0.05, 0.1) is 6.42 Å². The zero-order chi connectivity index (χ0) is 16.4. The molecule has 0 aliphatic carbocycles. The van der Waals surface area contributed by atoms with Crippen molar-refractivity contribution >= 4 is 45.2 Å². The van der Waals surface area contributed by atoms with E-state index < -0.39 is 0 Å². The van der Waals surface area contributed by atoms with Crippen molar-refractivity contribution in [1.29, 1.82) is 0 Å². The standard InChI is InChI=1S/C17H15BN4OS/c19-17-22-21-16(23-18(24-17)13-6-2-1-3-7-13)10-12-11-20-15-9-5-4-8-14(12)15/h1-9,11,20H,10H2,(H2,19,22). The van der Waals surface area contributed by atoms with Crippen LogP contribution in [0, 0.1) is 0 Å². The van der Waals surface area contributed by atoms with E-state index in [0.717, 1.165) is 21.9 Å². The minimum atomic E-state index is -0.249. The number of nitrogens with two attached hydrogens (primary N) is 1. The lowest BCUT2D eigenvalue weighted by molar-refractivity contribution is 0.577. The minimum absolute atomic E-state index is 0.249. The number of hydrogen-bond acceptors (Lipinski definition) is 5. The fourth-order valence-electron chi connectivity index (χ4n) is 2.67. The topological polar surface area (TPSA) is 75.8 Å². The number of rotatable bonds is 3. The number of H-pyrrole nitrogens is 1. The Morgan fingerprint density at radius 2 is 1.83 bits per heavy atom. The zero-order valence-corrected chi connectivity index (χ0v) is 13.7. The molecule has 0 spiro atoms. The number of amidine groups is 1. The van der Waals surface area contributed by atoms with Crippen LogP contribution in [-0.2, 0) is 11.1 Å². The van der Waals surface area contributed by atoms with E-state index in [-0.39, 0.29) is 6.19 Å². The molecule has 0 atom stereocenters. The van der Waals surface area contributed by atoms with Crippen LogP contribution in [0.1, 0.15) is 5.56 Å². The molecule has 0 saturated heterocycles. The smallest absolute Gasteiger partial charge is 0.470 e. The maximum atomic E-state index is 6.09. The Hall–Kier alpha value is -2.67. The van der Waals surface area contributed by atoms with Gasteiger partial charge in [0, 0.05) is 17.1 Å². The number of nitrogens with one attached hydrogen (secondary N) is 1. The van der Waals surface area contributed by atoms with Crippen LogP contribution in [0.2, 0.25) is 0 Å². The van der Waals surface area contributed by atoms with Gasteiger partial charge in [0.15, 0.2) is 11.1 Å². The van der Waals surface area contributed by atoms with Gasteiger partial charge >= 0.3 is 6.19 Å². The molecule has 24 heavy (non-hydrogen) atoms. The van der Waals surface area contributed by atoms with Gasteiger partial charge in [-0.25, -0.2) is 0 Å². The molecule has 1 aromatic heterocycles. The van der Waals surface area contributed by atoms with Crippen LogP contribution in [0.4, 0.5) is 0 Å². The third kappa shape index (κ3) is 3.03. The van der Waals surface area contributed by atoms with Gasteiger partial charge in [0.2, 0.25) is 0 Å². The average Bonchev–Trinajstić information content (AvgIpc) is 2.93. The van der Waals surface area contributed by atoms with Gasteiger partial charge in [-0.1, -0.05) is 60.1 Å². The zero-order valence-electron chi connectivity index (χ0n) is 12.8. The molecule has 0 saturated carbocycles. The normalized spacial score (nSPS) is 14.8. The van der Waals surface area contributed by atoms with Crippen LogP contribution in [-0.4, -0.2) is 22.2 Å². The molecule has 0 bridgehead atoms. The molecule has 0 fully saturated rings. The highest BCUT2D eigenvalue weighted by Gasteiger charge is 2.27. The Balaban J connectivity index is 1.62. The SMILES string of the molecule is NC1=NN=C(Cc2c[nH]c3ccccc23)OB(c2ccccc2)S1. The molecule has 0 unspecified atom stereocenters.